The first-order valence-corrected chi connectivity index (χ1v) is 6.23. The Kier molecular flexibility index (Phi) is 4.07. The Labute approximate surface area is 116 Å². The molecule has 8 nitrogen and oxygen atoms in total. The van der Waals surface area contributed by atoms with Gasteiger partial charge in [-0.3, -0.25) is 9.63 Å². The second-order valence-electron chi connectivity index (χ2n) is 4.72. The van der Waals surface area contributed by atoms with Crippen LogP contribution < -0.4 is 11.5 Å². The first-order chi connectivity index (χ1) is 9.45. The number of nitrogens with two attached hydrogens (primary N) is 2. The van der Waals surface area contributed by atoms with Crippen molar-refractivity contribution in [3.63, 3.8) is 0 Å². The first kappa shape index (κ1) is 14.5. The minimum Gasteiger partial charge on any atom is -0.379 e. The van der Waals surface area contributed by atoms with E-state index in [0.29, 0.717) is 5.57 Å². The molecule has 0 aromatic heterocycles. The highest BCUT2D eigenvalue weighted by Crippen LogP contribution is 2.31. The van der Waals surface area contributed by atoms with Gasteiger partial charge in [0.2, 0.25) is 5.91 Å². The largest absolute Gasteiger partial charge is 0.379 e. The van der Waals surface area contributed by atoms with E-state index in [9.17, 15) is 14.7 Å². The summed E-state index contributed by atoms with van der Waals surface area (Å²) in [6.45, 7) is 3.96. The summed E-state index contributed by atoms with van der Waals surface area (Å²) in [6.07, 6.45) is 2.15. The lowest BCUT2D eigenvalue weighted by molar-refractivity contribution is -0.121. The second-order valence-corrected chi connectivity index (χ2v) is 4.72. The van der Waals surface area contributed by atoms with Crippen molar-refractivity contribution < 1.29 is 19.5 Å². The van der Waals surface area contributed by atoms with Crippen molar-refractivity contribution in [2.24, 2.45) is 11.5 Å². The van der Waals surface area contributed by atoms with Crippen LogP contribution in [-0.4, -0.2) is 58.5 Å². The SMILES string of the molecule is C=CCON1C(=O)N2CC1C(CC(N)O)=CC2C(N)=O. The molecule has 5 N–H and O–H groups in total. The van der Waals surface area contributed by atoms with E-state index in [4.69, 9.17) is 16.3 Å². The molecule has 2 heterocycles. The second kappa shape index (κ2) is 5.61. The first-order valence-electron chi connectivity index (χ1n) is 6.23. The highest BCUT2D eigenvalue weighted by Gasteiger charge is 2.48. The van der Waals surface area contributed by atoms with Gasteiger partial charge in [0.05, 0.1) is 13.2 Å². The maximum atomic E-state index is 12.2. The van der Waals surface area contributed by atoms with Gasteiger partial charge in [-0.25, -0.2) is 4.79 Å². The van der Waals surface area contributed by atoms with E-state index < -0.39 is 24.2 Å². The zero-order chi connectivity index (χ0) is 14.9. The Bertz CT molecular complexity index is 462. The van der Waals surface area contributed by atoms with Crippen molar-refractivity contribution in [3.05, 3.63) is 24.3 Å². The van der Waals surface area contributed by atoms with Crippen LogP contribution >= 0.6 is 0 Å². The Morgan fingerprint density at radius 3 is 2.95 bits per heavy atom. The number of hydrogen-bond acceptors (Lipinski definition) is 5. The van der Waals surface area contributed by atoms with Crippen molar-refractivity contribution in [2.45, 2.75) is 24.7 Å². The van der Waals surface area contributed by atoms with Gasteiger partial charge in [0.15, 0.2) is 0 Å². The maximum Gasteiger partial charge on any atom is 0.345 e. The number of carbonyl (C=O) groups is 2. The lowest BCUT2D eigenvalue weighted by Crippen LogP contribution is -2.47. The van der Waals surface area contributed by atoms with Crippen LogP contribution in [0.4, 0.5) is 4.79 Å². The van der Waals surface area contributed by atoms with Crippen molar-refractivity contribution in [1.82, 2.24) is 9.96 Å². The molecule has 0 saturated carbocycles. The molecule has 0 aliphatic carbocycles. The average molecular weight is 282 g/mol. The van der Waals surface area contributed by atoms with Gasteiger partial charge in [0.25, 0.3) is 0 Å². The predicted molar refractivity (Wildman–Crippen MR) is 69.8 cm³/mol. The highest BCUT2D eigenvalue weighted by atomic mass is 16.7. The highest BCUT2D eigenvalue weighted by molar-refractivity contribution is 5.90. The van der Waals surface area contributed by atoms with Gasteiger partial charge in [-0.1, -0.05) is 12.2 Å². The standard InChI is InChI=1S/C12H18N4O4/c1-2-3-20-16-9-6-15(12(16)19)8(11(14)18)4-7(9)5-10(13)17/h2,4,8-10,17H,1,3,5-6,13H2,(H2,14,18). The molecule has 2 aliphatic rings. The Balaban J connectivity index is 2.28. The zero-order valence-corrected chi connectivity index (χ0v) is 10.9. The molecule has 8 heteroatoms. The van der Waals surface area contributed by atoms with Gasteiger partial charge in [-0.05, 0) is 5.57 Å². The van der Waals surface area contributed by atoms with Crippen molar-refractivity contribution in [3.8, 4) is 0 Å². The normalized spacial score (nSPS) is 26.5. The van der Waals surface area contributed by atoms with Gasteiger partial charge in [0.1, 0.15) is 18.3 Å². The molecule has 3 atom stereocenters. The van der Waals surface area contributed by atoms with E-state index in [1.165, 1.54) is 16.0 Å². The number of rotatable bonds is 6. The molecule has 0 aromatic rings. The lowest BCUT2D eigenvalue weighted by Gasteiger charge is -2.28. The van der Waals surface area contributed by atoms with Crippen LogP contribution in [0.2, 0.25) is 0 Å². The predicted octanol–water partition coefficient (Wildman–Crippen LogP) is -1.33. The molecule has 2 rings (SSSR count). The summed E-state index contributed by atoms with van der Waals surface area (Å²) in [5.74, 6) is -0.633. The molecule has 0 aromatic carbocycles. The smallest absolute Gasteiger partial charge is 0.345 e. The fraction of sp³-hybridized carbons (Fsp3) is 0.500. The van der Waals surface area contributed by atoms with Crippen molar-refractivity contribution in [2.75, 3.05) is 13.2 Å². The third-order valence-electron chi connectivity index (χ3n) is 3.29. The van der Waals surface area contributed by atoms with Gasteiger partial charge in [-0.15, -0.1) is 6.58 Å². The minimum atomic E-state index is -1.07. The van der Waals surface area contributed by atoms with Crippen LogP contribution in [0.1, 0.15) is 6.42 Å². The molecule has 2 bridgehead atoms. The molecule has 20 heavy (non-hydrogen) atoms. The summed E-state index contributed by atoms with van der Waals surface area (Å²) in [4.78, 5) is 30.3. The number of amides is 3. The van der Waals surface area contributed by atoms with E-state index in [1.807, 2.05) is 0 Å². The summed E-state index contributed by atoms with van der Waals surface area (Å²) in [5, 5.41) is 10.5. The number of aliphatic hydroxyl groups excluding tert-OH is 1. The number of hydrogen-bond donors (Lipinski definition) is 3. The lowest BCUT2D eigenvalue weighted by atomic mass is 9.96. The van der Waals surface area contributed by atoms with E-state index in [-0.39, 0.29) is 25.6 Å². The van der Waals surface area contributed by atoms with Crippen molar-refractivity contribution >= 4 is 11.9 Å². The molecular formula is C12H18N4O4. The Hall–Kier alpha value is -1.90. The number of nitrogens with zero attached hydrogens (tertiary/aromatic N) is 2. The monoisotopic (exact) mass is 282 g/mol. The fourth-order valence-corrected chi connectivity index (χ4v) is 2.46. The number of hydroxylamine groups is 2. The fourth-order valence-electron chi connectivity index (χ4n) is 2.46. The maximum absolute atomic E-state index is 12.2. The van der Waals surface area contributed by atoms with Crippen LogP contribution in [0.25, 0.3) is 0 Å². The topological polar surface area (TPSA) is 122 Å². The zero-order valence-electron chi connectivity index (χ0n) is 10.9. The van der Waals surface area contributed by atoms with Crippen LogP contribution in [0.15, 0.2) is 24.3 Å². The van der Waals surface area contributed by atoms with E-state index >= 15 is 0 Å². The molecule has 110 valence electrons. The number of carbonyl (C=O) groups excluding carboxylic acids is 2. The minimum absolute atomic E-state index is 0.142. The number of fused-ring (bicyclic) bond motifs is 2. The Morgan fingerprint density at radius 1 is 1.70 bits per heavy atom. The van der Waals surface area contributed by atoms with Gasteiger partial charge >= 0.3 is 6.03 Å². The van der Waals surface area contributed by atoms with Crippen LogP contribution in [0, 0.1) is 0 Å². The van der Waals surface area contributed by atoms with Crippen LogP contribution in [0.3, 0.4) is 0 Å². The van der Waals surface area contributed by atoms with Crippen molar-refractivity contribution in [1.29, 1.82) is 0 Å². The average Bonchev–Trinajstić information content (AvgIpc) is 2.64. The summed E-state index contributed by atoms with van der Waals surface area (Å²) in [7, 11) is 0. The third kappa shape index (κ3) is 2.53. The molecule has 0 radical (unpaired) electrons. The molecular weight excluding hydrogens is 264 g/mol. The molecule has 1 saturated heterocycles. The Morgan fingerprint density at radius 2 is 2.40 bits per heavy atom. The summed E-state index contributed by atoms with van der Waals surface area (Å²) in [6, 6.07) is -1.65. The molecule has 0 spiro atoms. The van der Waals surface area contributed by atoms with E-state index in [1.54, 1.807) is 6.08 Å². The van der Waals surface area contributed by atoms with Crippen LogP contribution in [-0.2, 0) is 9.63 Å². The quantitative estimate of drug-likeness (QED) is 0.411. The molecule has 3 amide bonds. The number of aliphatic hydroxyl groups is 1. The van der Waals surface area contributed by atoms with Crippen LogP contribution in [0.5, 0.6) is 0 Å². The molecule has 2 aliphatic heterocycles. The summed E-state index contributed by atoms with van der Waals surface area (Å²) < 4.78 is 0. The third-order valence-corrected chi connectivity index (χ3v) is 3.29. The summed E-state index contributed by atoms with van der Waals surface area (Å²) >= 11 is 0. The summed E-state index contributed by atoms with van der Waals surface area (Å²) in [5.41, 5.74) is 11.3. The van der Waals surface area contributed by atoms with Gasteiger partial charge < -0.3 is 21.5 Å². The van der Waals surface area contributed by atoms with Gasteiger partial charge in [-0.2, -0.15) is 5.06 Å². The van der Waals surface area contributed by atoms with E-state index in [0.717, 1.165) is 0 Å². The van der Waals surface area contributed by atoms with E-state index in [2.05, 4.69) is 6.58 Å². The molecule has 3 unspecified atom stereocenters. The van der Waals surface area contributed by atoms with Gasteiger partial charge in [0, 0.05) is 6.42 Å². The molecule has 1 fully saturated rings. The number of primary amides is 1. The number of urea groups is 1.